The average molecular weight is 317 g/mol. The Kier molecular flexibility index (Phi) is 3.75. The van der Waals surface area contributed by atoms with E-state index in [1.165, 1.54) is 18.2 Å². The van der Waals surface area contributed by atoms with Crippen LogP contribution in [0.25, 0.3) is 0 Å². The van der Waals surface area contributed by atoms with E-state index >= 15 is 0 Å². The second kappa shape index (κ2) is 5.17. The van der Waals surface area contributed by atoms with Crippen LogP contribution < -0.4 is 4.72 Å². The van der Waals surface area contributed by atoms with Gasteiger partial charge in [0.2, 0.25) is 0 Å². The number of anilines is 1. The molecule has 4 nitrogen and oxygen atoms in total. The van der Waals surface area contributed by atoms with Crippen LogP contribution in [-0.2, 0) is 10.0 Å². The van der Waals surface area contributed by atoms with Crippen LogP contribution in [0.1, 0.15) is 5.56 Å². The van der Waals surface area contributed by atoms with Crippen molar-refractivity contribution in [1.29, 1.82) is 5.26 Å². The number of nitrogens with one attached hydrogen (secondary N) is 1. The first-order valence-corrected chi connectivity index (χ1v) is 7.57. The number of benzene rings is 1. The molecule has 1 heterocycles. The zero-order valence-electron chi connectivity index (χ0n) is 9.22. The number of hydrogen-bond acceptors (Lipinski definition) is 4. The van der Waals surface area contributed by atoms with E-state index in [1.54, 1.807) is 6.07 Å². The first kappa shape index (κ1) is 13.8. The van der Waals surface area contributed by atoms with Gasteiger partial charge in [-0.3, -0.25) is 4.72 Å². The standard InChI is InChI=1S/C11H6ClFN2O2S2/c12-10-1-2-11(18-10)19(16,17)15-9-4-7(6-14)3-8(13)5-9/h1-5,15H. The fourth-order valence-electron chi connectivity index (χ4n) is 1.36. The Morgan fingerprint density at radius 1 is 1.32 bits per heavy atom. The normalized spacial score (nSPS) is 11.0. The average Bonchev–Trinajstić information content (AvgIpc) is 2.75. The minimum atomic E-state index is -3.83. The summed E-state index contributed by atoms with van der Waals surface area (Å²) >= 11 is 6.55. The summed E-state index contributed by atoms with van der Waals surface area (Å²) in [4.78, 5) is 0. The van der Waals surface area contributed by atoms with Crippen molar-refractivity contribution in [2.45, 2.75) is 4.21 Å². The molecule has 8 heteroatoms. The summed E-state index contributed by atoms with van der Waals surface area (Å²) in [5, 5.41) is 8.70. The van der Waals surface area contributed by atoms with Crippen LogP contribution >= 0.6 is 22.9 Å². The smallest absolute Gasteiger partial charge is 0.271 e. The van der Waals surface area contributed by atoms with Crippen molar-refractivity contribution in [2.75, 3.05) is 4.72 Å². The number of halogens is 2. The third kappa shape index (κ3) is 3.23. The summed E-state index contributed by atoms with van der Waals surface area (Å²) in [6, 6.07) is 7.80. The minimum absolute atomic E-state index is 0.0129. The predicted molar refractivity (Wildman–Crippen MR) is 71.3 cm³/mol. The van der Waals surface area contributed by atoms with E-state index in [9.17, 15) is 12.8 Å². The van der Waals surface area contributed by atoms with Gasteiger partial charge in [0.05, 0.1) is 21.7 Å². The molecule has 98 valence electrons. The largest absolute Gasteiger partial charge is 0.279 e. The summed E-state index contributed by atoms with van der Waals surface area (Å²) in [6.07, 6.45) is 0. The Labute approximate surface area is 118 Å². The third-order valence-corrected chi connectivity index (χ3v) is 5.20. The highest BCUT2D eigenvalue weighted by molar-refractivity contribution is 7.94. The van der Waals surface area contributed by atoms with E-state index in [0.717, 1.165) is 23.5 Å². The lowest BCUT2D eigenvalue weighted by Crippen LogP contribution is -2.11. The molecule has 1 N–H and O–H groups in total. The maximum Gasteiger partial charge on any atom is 0.271 e. The van der Waals surface area contributed by atoms with Gasteiger partial charge in [-0.2, -0.15) is 5.26 Å². The van der Waals surface area contributed by atoms with Crippen LogP contribution in [0.2, 0.25) is 4.34 Å². The molecule has 2 aromatic rings. The van der Waals surface area contributed by atoms with Crippen molar-refractivity contribution >= 4 is 38.6 Å². The fourth-order valence-corrected chi connectivity index (χ4v) is 3.88. The Morgan fingerprint density at radius 2 is 2.05 bits per heavy atom. The van der Waals surface area contributed by atoms with Gasteiger partial charge in [0, 0.05) is 0 Å². The molecule has 0 bridgehead atoms. The Hall–Kier alpha value is -1.62. The van der Waals surface area contributed by atoms with E-state index in [0.29, 0.717) is 4.34 Å². The van der Waals surface area contributed by atoms with E-state index < -0.39 is 15.8 Å². The van der Waals surface area contributed by atoms with Crippen LogP contribution in [-0.4, -0.2) is 8.42 Å². The molecule has 0 fully saturated rings. The van der Waals surface area contributed by atoms with Crippen LogP contribution in [0.15, 0.2) is 34.5 Å². The molecule has 1 aromatic carbocycles. The number of nitrogens with zero attached hydrogens (tertiary/aromatic N) is 1. The number of rotatable bonds is 3. The Balaban J connectivity index is 2.36. The highest BCUT2D eigenvalue weighted by Crippen LogP contribution is 2.27. The molecule has 0 atom stereocenters. The van der Waals surface area contributed by atoms with E-state index in [4.69, 9.17) is 16.9 Å². The summed E-state index contributed by atoms with van der Waals surface area (Å²) < 4.78 is 39.7. The first-order valence-electron chi connectivity index (χ1n) is 4.89. The van der Waals surface area contributed by atoms with Crippen molar-refractivity contribution in [3.8, 4) is 6.07 Å². The quantitative estimate of drug-likeness (QED) is 0.945. The topological polar surface area (TPSA) is 70.0 Å². The van der Waals surface area contributed by atoms with Crippen molar-refractivity contribution in [1.82, 2.24) is 0 Å². The van der Waals surface area contributed by atoms with Gasteiger partial charge >= 0.3 is 0 Å². The van der Waals surface area contributed by atoms with E-state index in [1.807, 2.05) is 0 Å². The molecule has 2 rings (SSSR count). The second-order valence-electron chi connectivity index (χ2n) is 3.50. The zero-order chi connectivity index (χ0) is 14.0. The molecular formula is C11H6ClFN2O2S2. The lowest BCUT2D eigenvalue weighted by atomic mass is 10.2. The number of hydrogen-bond donors (Lipinski definition) is 1. The van der Waals surface area contributed by atoms with Gasteiger partial charge in [0.1, 0.15) is 10.0 Å². The molecule has 0 unspecified atom stereocenters. The molecule has 0 saturated heterocycles. The van der Waals surface area contributed by atoms with Gasteiger partial charge in [-0.1, -0.05) is 11.6 Å². The Morgan fingerprint density at radius 3 is 2.63 bits per heavy atom. The summed E-state index contributed by atoms with van der Waals surface area (Å²) in [5.41, 5.74) is 0.0167. The fraction of sp³-hybridized carbons (Fsp3) is 0. The molecule has 0 spiro atoms. The SMILES string of the molecule is N#Cc1cc(F)cc(NS(=O)(=O)c2ccc(Cl)s2)c1. The number of nitriles is 1. The van der Waals surface area contributed by atoms with Crippen LogP contribution in [0.4, 0.5) is 10.1 Å². The summed E-state index contributed by atoms with van der Waals surface area (Å²) in [5.74, 6) is -0.694. The van der Waals surface area contributed by atoms with Crippen LogP contribution in [0.3, 0.4) is 0 Å². The minimum Gasteiger partial charge on any atom is -0.279 e. The monoisotopic (exact) mass is 316 g/mol. The lowest BCUT2D eigenvalue weighted by Gasteiger charge is -2.06. The van der Waals surface area contributed by atoms with Gasteiger partial charge in [0.25, 0.3) is 10.0 Å². The maximum atomic E-state index is 13.2. The van der Waals surface area contributed by atoms with Crippen molar-refractivity contribution in [3.63, 3.8) is 0 Å². The number of thiophene rings is 1. The summed E-state index contributed by atoms with van der Waals surface area (Å²) in [7, 11) is -3.83. The molecular weight excluding hydrogens is 311 g/mol. The first-order chi connectivity index (χ1) is 8.90. The van der Waals surface area contributed by atoms with Gasteiger partial charge in [-0.15, -0.1) is 11.3 Å². The van der Waals surface area contributed by atoms with Crippen molar-refractivity contribution < 1.29 is 12.8 Å². The molecule has 0 aliphatic carbocycles. The number of sulfonamides is 1. The molecule has 0 aliphatic rings. The highest BCUT2D eigenvalue weighted by atomic mass is 35.5. The zero-order valence-corrected chi connectivity index (χ0v) is 11.6. The van der Waals surface area contributed by atoms with Crippen LogP contribution in [0.5, 0.6) is 0 Å². The third-order valence-electron chi connectivity index (χ3n) is 2.09. The van der Waals surface area contributed by atoms with E-state index in [-0.39, 0.29) is 15.5 Å². The molecule has 0 radical (unpaired) electrons. The molecule has 0 saturated carbocycles. The second-order valence-corrected chi connectivity index (χ2v) is 7.13. The van der Waals surface area contributed by atoms with Gasteiger partial charge in [0.15, 0.2) is 0 Å². The predicted octanol–water partition coefficient (Wildman–Crippen LogP) is 3.21. The van der Waals surface area contributed by atoms with Gasteiger partial charge < -0.3 is 0 Å². The van der Waals surface area contributed by atoms with Gasteiger partial charge in [-0.25, -0.2) is 12.8 Å². The van der Waals surface area contributed by atoms with Crippen LogP contribution in [0, 0.1) is 17.1 Å². The van der Waals surface area contributed by atoms with Crippen molar-refractivity contribution in [3.05, 3.63) is 46.0 Å². The molecule has 19 heavy (non-hydrogen) atoms. The summed E-state index contributed by atoms with van der Waals surface area (Å²) in [6.45, 7) is 0. The maximum absolute atomic E-state index is 13.2. The molecule has 0 amide bonds. The lowest BCUT2D eigenvalue weighted by molar-refractivity contribution is 0.603. The van der Waals surface area contributed by atoms with E-state index in [2.05, 4.69) is 4.72 Å². The molecule has 1 aromatic heterocycles. The van der Waals surface area contributed by atoms with Crippen molar-refractivity contribution in [2.24, 2.45) is 0 Å². The highest BCUT2D eigenvalue weighted by Gasteiger charge is 2.17. The molecule has 0 aliphatic heterocycles. The Bertz CT molecular complexity index is 765. The van der Waals surface area contributed by atoms with Gasteiger partial charge in [-0.05, 0) is 30.3 Å².